The van der Waals surface area contributed by atoms with E-state index in [0.29, 0.717) is 18.0 Å². The number of nitrogens with one attached hydrogen (secondary N) is 2. The summed E-state index contributed by atoms with van der Waals surface area (Å²) in [6, 6.07) is 9.15. The molecule has 2 unspecified atom stereocenters. The third-order valence-electron chi connectivity index (χ3n) is 5.54. The topological polar surface area (TPSA) is 79.2 Å². The molecule has 0 aliphatic carbocycles. The van der Waals surface area contributed by atoms with Gasteiger partial charge in [0, 0.05) is 18.1 Å². The molecule has 2 aromatic rings. The Morgan fingerprint density at radius 1 is 1.22 bits per heavy atom. The molecule has 2 atom stereocenters. The van der Waals surface area contributed by atoms with E-state index >= 15 is 0 Å². The monoisotopic (exact) mass is 390 g/mol. The summed E-state index contributed by atoms with van der Waals surface area (Å²) in [6.07, 6.45) is 5.75. The SMILES string of the molecule is CC(C)c1ccc(-n2cc(O)c(C(=O)NC3CC4CCC(C3)N4)n2)cc1.Cl. The Hall–Kier alpha value is -2.05. The van der Waals surface area contributed by atoms with Crippen LogP contribution in [0.15, 0.2) is 30.5 Å². The quantitative estimate of drug-likeness (QED) is 0.749. The second-order valence-electron chi connectivity index (χ2n) is 7.83. The number of amides is 1. The van der Waals surface area contributed by atoms with Crippen molar-refractivity contribution in [2.24, 2.45) is 0 Å². The number of piperidine rings is 1. The highest BCUT2D eigenvalue weighted by Crippen LogP contribution is 2.27. The van der Waals surface area contributed by atoms with Gasteiger partial charge in [-0.2, -0.15) is 5.10 Å². The van der Waals surface area contributed by atoms with E-state index in [1.807, 2.05) is 24.3 Å². The van der Waals surface area contributed by atoms with Gasteiger partial charge in [0.05, 0.1) is 11.9 Å². The van der Waals surface area contributed by atoms with Crippen LogP contribution in [0, 0.1) is 0 Å². The summed E-state index contributed by atoms with van der Waals surface area (Å²) in [7, 11) is 0. The van der Waals surface area contributed by atoms with Gasteiger partial charge in [0.1, 0.15) is 0 Å². The van der Waals surface area contributed by atoms with Crippen LogP contribution in [0.25, 0.3) is 5.69 Å². The summed E-state index contributed by atoms with van der Waals surface area (Å²) < 4.78 is 1.56. The van der Waals surface area contributed by atoms with E-state index in [1.165, 1.54) is 24.6 Å². The zero-order valence-corrected chi connectivity index (χ0v) is 16.5. The maximum Gasteiger partial charge on any atom is 0.275 e. The van der Waals surface area contributed by atoms with Gasteiger partial charge < -0.3 is 15.7 Å². The lowest BCUT2D eigenvalue weighted by molar-refractivity contribution is 0.0916. The standard InChI is InChI=1S/C20H26N4O2.ClH/c1-12(2)13-3-7-17(8-4-13)24-11-18(25)19(23-24)20(26)22-16-9-14-5-6-15(10-16)21-14;/h3-4,7-8,11-12,14-16,21,25H,5-6,9-10H2,1-2H3,(H,22,26);1H. The van der Waals surface area contributed by atoms with Crippen LogP contribution in [0.5, 0.6) is 5.75 Å². The van der Waals surface area contributed by atoms with Gasteiger partial charge in [-0.25, -0.2) is 4.68 Å². The number of halogens is 1. The van der Waals surface area contributed by atoms with Crippen LogP contribution >= 0.6 is 12.4 Å². The third-order valence-corrected chi connectivity index (χ3v) is 5.54. The van der Waals surface area contributed by atoms with Crippen LogP contribution in [0.2, 0.25) is 0 Å². The summed E-state index contributed by atoms with van der Waals surface area (Å²) in [6.45, 7) is 4.29. The Balaban J connectivity index is 0.00000210. The van der Waals surface area contributed by atoms with Crippen molar-refractivity contribution in [3.63, 3.8) is 0 Å². The zero-order valence-electron chi connectivity index (χ0n) is 15.7. The van der Waals surface area contributed by atoms with Gasteiger partial charge in [0.15, 0.2) is 11.4 Å². The van der Waals surface area contributed by atoms with Crippen molar-refractivity contribution in [3.05, 3.63) is 41.7 Å². The number of carbonyl (C=O) groups excluding carboxylic acids is 1. The lowest BCUT2D eigenvalue weighted by atomic mass is 10.00. The number of aromatic hydroxyl groups is 1. The first kappa shape index (κ1) is 19.7. The highest BCUT2D eigenvalue weighted by molar-refractivity contribution is 5.95. The number of benzene rings is 1. The van der Waals surface area contributed by atoms with E-state index in [2.05, 4.69) is 29.6 Å². The third kappa shape index (κ3) is 4.12. The molecule has 146 valence electrons. The van der Waals surface area contributed by atoms with E-state index < -0.39 is 0 Å². The first-order chi connectivity index (χ1) is 12.5. The minimum absolute atomic E-state index is 0. The molecule has 4 rings (SSSR count). The molecule has 2 aliphatic rings. The zero-order chi connectivity index (χ0) is 18.3. The molecule has 27 heavy (non-hydrogen) atoms. The molecule has 1 aromatic heterocycles. The molecule has 0 radical (unpaired) electrons. The van der Waals surface area contributed by atoms with Gasteiger partial charge >= 0.3 is 0 Å². The van der Waals surface area contributed by atoms with Crippen molar-refractivity contribution in [1.82, 2.24) is 20.4 Å². The van der Waals surface area contributed by atoms with Crippen molar-refractivity contribution >= 4 is 18.3 Å². The van der Waals surface area contributed by atoms with Crippen LogP contribution in [-0.4, -0.2) is 38.9 Å². The lowest BCUT2D eigenvalue weighted by Crippen LogP contribution is -2.48. The molecule has 1 aromatic carbocycles. The average Bonchev–Trinajstić information content (AvgIpc) is 3.17. The summed E-state index contributed by atoms with van der Waals surface area (Å²) >= 11 is 0. The second-order valence-corrected chi connectivity index (χ2v) is 7.83. The van der Waals surface area contributed by atoms with Gasteiger partial charge in [0.2, 0.25) is 0 Å². The Morgan fingerprint density at radius 3 is 2.44 bits per heavy atom. The highest BCUT2D eigenvalue weighted by atomic mass is 35.5. The normalized spacial score (nSPS) is 23.9. The molecule has 0 saturated carbocycles. The minimum atomic E-state index is -0.300. The first-order valence-electron chi connectivity index (χ1n) is 9.45. The minimum Gasteiger partial charge on any atom is -0.504 e. The molecular weight excluding hydrogens is 364 g/mol. The maximum absolute atomic E-state index is 12.6. The van der Waals surface area contributed by atoms with Crippen molar-refractivity contribution < 1.29 is 9.90 Å². The van der Waals surface area contributed by atoms with Gasteiger partial charge in [-0.15, -0.1) is 12.4 Å². The van der Waals surface area contributed by atoms with Crippen LogP contribution in [-0.2, 0) is 0 Å². The molecule has 7 heteroatoms. The number of nitrogens with zero attached hydrogens (tertiary/aromatic N) is 2. The average molecular weight is 391 g/mol. The Labute approximate surface area is 165 Å². The number of hydrogen-bond donors (Lipinski definition) is 3. The molecule has 2 saturated heterocycles. The van der Waals surface area contributed by atoms with Gasteiger partial charge in [0.25, 0.3) is 5.91 Å². The van der Waals surface area contributed by atoms with Crippen LogP contribution in [0.3, 0.4) is 0 Å². The Kier molecular flexibility index (Phi) is 5.77. The van der Waals surface area contributed by atoms with Gasteiger partial charge in [-0.3, -0.25) is 4.79 Å². The molecule has 2 aliphatic heterocycles. The van der Waals surface area contributed by atoms with Crippen molar-refractivity contribution in [2.75, 3.05) is 0 Å². The highest BCUT2D eigenvalue weighted by Gasteiger charge is 2.34. The van der Waals surface area contributed by atoms with Crippen LogP contribution < -0.4 is 10.6 Å². The van der Waals surface area contributed by atoms with Crippen molar-refractivity contribution in [1.29, 1.82) is 0 Å². The van der Waals surface area contributed by atoms with Crippen molar-refractivity contribution in [3.8, 4) is 11.4 Å². The Bertz CT molecular complexity index is 791. The van der Waals surface area contributed by atoms with E-state index in [0.717, 1.165) is 18.5 Å². The number of rotatable bonds is 4. The van der Waals surface area contributed by atoms with E-state index in [1.54, 1.807) is 4.68 Å². The fourth-order valence-corrected chi connectivity index (χ4v) is 4.10. The molecule has 2 bridgehead atoms. The molecule has 3 N–H and O–H groups in total. The van der Waals surface area contributed by atoms with Gasteiger partial charge in [-0.05, 0) is 49.3 Å². The largest absolute Gasteiger partial charge is 0.504 e. The summed E-state index contributed by atoms with van der Waals surface area (Å²) in [5.74, 6) is 0.0652. The predicted molar refractivity (Wildman–Crippen MR) is 107 cm³/mol. The van der Waals surface area contributed by atoms with Crippen LogP contribution in [0.1, 0.15) is 61.5 Å². The molecular formula is C20H27ClN4O2. The molecule has 0 spiro atoms. The lowest BCUT2D eigenvalue weighted by Gasteiger charge is -2.29. The molecule has 1 amide bonds. The van der Waals surface area contributed by atoms with Gasteiger partial charge in [-0.1, -0.05) is 26.0 Å². The fraction of sp³-hybridized carbons (Fsp3) is 0.500. The number of carbonyl (C=O) groups is 1. The summed E-state index contributed by atoms with van der Waals surface area (Å²) in [5.41, 5.74) is 2.15. The van der Waals surface area contributed by atoms with Crippen LogP contribution in [0.4, 0.5) is 0 Å². The number of fused-ring (bicyclic) bond motifs is 2. The first-order valence-corrected chi connectivity index (χ1v) is 9.45. The van der Waals surface area contributed by atoms with E-state index in [9.17, 15) is 9.90 Å². The maximum atomic E-state index is 12.6. The summed E-state index contributed by atoms with van der Waals surface area (Å²) in [5, 5.41) is 21.1. The predicted octanol–water partition coefficient (Wildman–Crippen LogP) is 3.14. The Morgan fingerprint density at radius 2 is 1.85 bits per heavy atom. The fourth-order valence-electron chi connectivity index (χ4n) is 4.10. The van der Waals surface area contributed by atoms with E-state index in [-0.39, 0.29) is 35.8 Å². The summed E-state index contributed by atoms with van der Waals surface area (Å²) in [4.78, 5) is 12.6. The number of hydrogen-bond acceptors (Lipinski definition) is 4. The van der Waals surface area contributed by atoms with Crippen molar-refractivity contribution in [2.45, 2.75) is 63.6 Å². The number of aromatic nitrogens is 2. The molecule has 6 nitrogen and oxygen atoms in total. The molecule has 2 fully saturated rings. The molecule has 3 heterocycles. The smallest absolute Gasteiger partial charge is 0.275 e. The second kappa shape index (κ2) is 7.90. The van der Waals surface area contributed by atoms with E-state index in [4.69, 9.17) is 0 Å².